The Morgan fingerprint density at radius 2 is 1.82 bits per heavy atom. The average Bonchev–Trinajstić information content (AvgIpc) is 3.73. The molecule has 2 saturated heterocycles. The van der Waals surface area contributed by atoms with Crippen LogP contribution in [0.25, 0.3) is 21.0 Å². The quantitative estimate of drug-likeness (QED) is 0.171. The van der Waals surface area contributed by atoms with Crippen LogP contribution in [0, 0.1) is 12.7 Å². The van der Waals surface area contributed by atoms with Gasteiger partial charge in [-0.05, 0) is 91.0 Å². The van der Waals surface area contributed by atoms with E-state index in [1.165, 1.54) is 30.9 Å². The summed E-state index contributed by atoms with van der Waals surface area (Å²) in [5, 5.41) is 0.112. The Kier molecular flexibility index (Phi) is 9.30. The zero-order chi connectivity index (χ0) is 35.4. The summed E-state index contributed by atoms with van der Waals surface area (Å²) in [5.41, 5.74) is -3.97. The first-order valence-electron chi connectivity index (χ1n) is 16.0. The molecule has 2 fully saturated rings. The number of esters is 1. The maximum atomic E-state index is 14.8. The van der Waals surface area contributed by atoms with Gasteiger partial charge in [0.15, 0.2) is 0 Å². The molecule has 0 N–H and O–H groups in total. The van der Waals surface area contributed by atoms with E-state index < -0.39 is 53.0 Å². The molecule has 5 heterocycles. The summed E-state index contributed by atoms with van der Waals surface area (Å²) < 4.78 is 72.7. The van der Waals surface area contributed by atoms with E-state index in [1.807, 2.05) is 0 Å². The molecule has 0 spiro atoms. The summed E-state index contributed by atoms with van der Waals surface area (Å²) in [7, 11) is 0. The van der Waals surface area contributed by atoms with Gasteiger partial charge in [-0.1, -0.05) is 0 Å². The standard InChI is InChI=1S/C34H38F3N3O8S/c1-17-25-28(41)40(34(5,6)30(42)48-33(2,3)4)32(43)39(29(25)49-26(17)27-38-11-12-44-27)16-24(46-21-14-19-8-9-20(15-21)45-19)22-13-18(35)7-10-23(22)47-31(36)37/h7,10-13,19-21,24,31H,8-9,14-16H2,1-6H3/t19-,20+,21-,24-/m0/s1. The molecule has 11 nitrogen and oxygen atoms in total. The summed E-state index contributed by atoms with van der Waals surface area (Å²) >= 11 is 1.06. The smallest absolute Gasteiger partial charge is 0.387 e. The second-order valence-electron chi connectivity index (χ2n) is 13.9. The molecule has 264 valence electrons. The maximum absolute atomic E-state index is 14.8. The zero-order valence-corrected chi connectivity index (χ0v) is 28.8. The predicted molar refractivity (Wildman–Crippen MR) is 174 cm³/mol. The molecule has 0 amide bonds. The van der Waals surface area contributed by atoms with Crippen molar-refractivity contribution in [2.75, 3.05) is 0 Å². The summed E-state index contributed by atoms with van der Waals surface area (Å²) in [6.45, 7) is 5.90. The lowest BCUT2D eigenvalue weighted by molar-refractivity contribution is -0.164. The van der Waals surface area contributed by atoms with Crippen molar-refractivity contribution < 1.29 is 41.3 Å². The van der Waals surface area contributed by atoms with Crippen LogP contribution < -0.4 is 16.0 Å². The Morgan fingerprint density at radius 1 is 1.12 bits per heavy atom. The molecule has 1 aromatic carbocycles. The number of hydrogen-bond donors (Lipinski definition) is 0. The van der Waals surface area contributed by atoms with Gasteiger partial charge in [-0.2, -0.15) is 8.78 Å². The largest absolute Gasteiger partial charge is 0.458 e. The summed E-state index contributed by atoms with van der Waals surface area (Å²) in [6.07, 6.45) is 3.79. The Labute approximate surface area is 283 Å². The summed E-state index contributed by atoms with van der Waals surface area (Å²) in [4.78, 5) is 47.3. The SMILES string of the molecule is Cc1c(-c2ncco2)sc2c1c(=O)n(C(C)(C)C(=O)OC(C)(C)C)c(=O)n2C[C@H](O[C@@H]1C[C@H]2CC[C@@H](C1)O2)c1cc(F)ccc1OC(F)F. The van der Waals surface area contributed by atoms with Gasteiger partial charge in [0.05, 0.1) is 41.3 Å². The number of aromatic nitrogens is 3. The van der Waals surface area contributed by atoms with Gasteiger partial charge in [0.25, 0.3) is 5.56 Å². The topological polar surface area (TPSA) is 124 Å². The van der Waals surface area contributed by atoms with Crippen molar-refractivity contribution in [2.45, 2.75) is 116 Å². The first-order chi connectivity index (χ1) is 23.0. The lowest BCUT2D eigenvalue weighted by atomic mass is 10.0. The van der Waals surface area contributed by atoms with Gasteiger partial charge >= 0.3 is 18.3 Å². The summed E-state index contributed by atoms with van der Waals surface area (Å²) in [6, 6.07) is 3.12. The number of halogens is 3. The monoisotopic (exact) mass is 705 g/mol. The Hall–Kier alpha value is -3.95. The van der Waals surface area contributed by atoms with Crippen LogP contribution in [0.1, 0.15) is 77.5 Å². The number of ether oxygens (including phenoxy) is 4. The first-order valence-corrected chi connectivity index (χ1v) is 16.8. The molecule has 0 radical (unpaired) electrons. The van der Waals surface area contributed by atoms with Gasteiger partial charge < -0.3 is 23.4 Å². The Morgan fingerprint density at radius 3 is 2.43 bits per heavy atom. The molecule has 4 atom stereocenters. The van der Waals surface area contributed by atoms with Crippen molar-refractivity contribution >= 4 is 27.5 Å². The molecule has 6 rings (SSSR count). The van der Waals surface area contributed by atoms with Crippen LogP contribution in [0.15, 0.2) is 44.7 Å². The summed E-state index contributed by atoms with van der Waals surface area (Å²) in [5.74, 6) is -1.68. The highest BCUT2D eigenvalue weighted by Gasteiger charge is 2.41. The Bertz CT molecular complexity index is 1970. The fraction of sp³-hybridized carbons (Fsp3) is 0.529. The van der Waals surface area contributed by atoms with E-state index in [4.69, 9.17) is 23.4 Å². The van der Waals surface area contributed by atoms with Crippen LogP contribution in [-0.4, -0.2) is 50.6 Å². The molecule has 2 aliphatic heterocycles. The molecule has 3 aromatic heterocycles. The third kappa shape index (κ3) is 6.93. The number of fused-ring (bicyclic) bond motifs is 3. The van der Waals surface area contributed by atoms with Crippen LogP contribution in [0.3, 0.4) is 0 Å². The second kappa shape index (κ2) is 13.1. The highest BCUT2D eigenvalue weighted by Crippen LogP contribution is 2.40. The van der Waals surface area contributed by atoms with Crippen molar-refractivity contribution in [3.63, 3.8) is 0 Å². The van der Waals surface area contributed by atoms with Gasteiger partial charge in [0.1, 0.15) is 39.9 Å². The van der Waals surface area contributed by atoms with Crippen molar-refractivity contribution in [3.05, 3.63) is 68.4 Å². The number of carbonyl (C=O) groups excluding carboxylic acids is 1. The lowest BCUT2D eigenvalue weighted by Crippen LogP contribution is -2.54. The third-order valence-electron chi connectivity index (χ3n) is 8.78. The maximum Gasteiger partial charge on any atom is 0.387 e. The fourth-order valence-electron chi connectivity index (χ4n) is 6.54. The third-order valence-corrected chi connectivity index (χ3v) is 10.1. The number of thiophene rings is 1. The highest BCUT2D eigenvalue weighted by molar-refractivity contribution is 7.22. The highest BCUT2D eigenvalue weighted by atomic mass is 32.1. The van der Waals surface area contributed by atoms with Crippen molar-refractivity contribution in [3.8, 4) is 16.5 Å². The minimum atomic E-state index is -3.22. The van der Waals surface area contributed by atoms with E-state index in [0.717, 1.165) is 46.9 Å². The minimum Gasteiger partial charge on any atom is -0.458 e. The normalized spacial score (nSPS) is 20.2. The van der Waals surface area contributed by atoms with Crippen molar-refractivity contribution in [1.82, 2.24) is 14.1 Å². The fourth-order valence-corrected chi connectivity index (χ4v) is 7.78. The van der Waals surface area contributed by atoms with Crippen LogP contribution in [0.4, 0.5) is 13.2 Å². The number of carbonyl (C=O) groups is 1. The molecular formula is C34H38F3N3O8S. The number of nitrogens with zero attached hydrogens (tertiary/aromatic N) is 3. The molecule has 15 heteroatoms. The van der Waals surface area contributed by atoms with Gasteiger partial charge in [0, 0.05) is 5.56 Å². The molecular weight excluding hydrogens is 667 g/mol. The minimum absolute atomic E-state index is 0.0513. The molecule has 2 bridgehead atoms. The predicted octanol–water partition coefficient (Wildman–Crippen LogP) is 6.47. The molecule has 0 saturated carbocycles. The molecule has 4 aromatic rings. The molecule has 49 heavy (non-hydrogen) atoms. The lowest BCUT2D eigenvalue weighted by Gasteiger charge is -2.33. The zero-order valence-electron chi connectivity index (χ0n) is 28.0. The Balaban J connectivity index is 1.57. The number of oxazole rings is 1. The van der Waals surface area contributed by atoms with Crippen LogP contribution in [-0.2, 0) is 31.1 Å². The van der Waals surface area contributed by atoms with Gasteiger partial charge in [-0.3, -0.25) is 9.36 Å². The van der Waals surface area contributed by atoms with E-state index in [0.29, 0.717) is 23.3 Å². The van der Waals surface area contributed by atoms with Crippen LogP contribution in [0.2, 0.25) is 0 Å². The molecule has 0 aliphatic carbocycles. The van der Waals surface area contributed by atoms with E-state index >= 15 is 0 Å². The van der Waals surface area contributed by atoms with E-state index in [9.17, 15) is 27.6 Å². The number of aryl methyl sites for hydroxylation is 1. The number of rotatable bonds is 10. The molecule has 0 unspecified atom stereocenters. The van der Waals surface area contributed by atoms with Crippen molar-refractivity contribution in [2.24, 2.45) is 0 Å². The number of alkyl halides is 2. The first kappa shape index (κ1) is 34.9. The van der Waals surface area contributed by atoms with Crippen LogP contribution in [0.5, 0.6) is 5.75 Å². The van der Waals surface area contributed by atoms with Gasteiger partial charge in [0.2, 0.25) is 5.89 Å². The van der Waals surface area contributed by atoms with Gasteiger partial charge in [-0.15, -0.1) is 11.3 Å². The van der Waals surface area contributed by atoms with E-state index in [1.54, 1.807) is 27.7 Å². The van der Waals surface area contributed by atoms with E-state index in [-0.39, 0.29) is 46.2 Å². The van der Waals surface area contributed by atoms with Gasteiger partial charge in [-0.25, -0.2) is 23.5 Å². The van der Waals surface area contributed by atoms with Crippen LogP contribution >= 0.6 is 11.3 Å². The van der Waals surface area contributed by atoms with Crippen molar-refractivity contribution in [1.29, 1.82) is 0 Å². The number of benzene rings is 1. The number of hydrogen-bond acceptors (Lipinski definition) is 10. The molecule has 2 aliphatic rings. The average molecular weight is 706 g/mol. The van der Waals surface area contributed by atoms with E-state index in [2.05, 4.69) is 4.98 Å². The second-order valence-corrected chi connectivity index (χ2v) is 14.9.